The van der Waals surface area contributed by atoms with Crippen LogP contribution in [0.15, 0.2) is 42.5 Å². The molecule has 5 heteroatoms. The van der Waals surface area contributed by atoms with Crippen LogP contribution >= 0.6 is 0 Å². The van der Waals surface area contributed by atoms with Gasteiger partial charge in [-0.05, 0) is 54.7 Å². The van der Waals surface area contributed by atoms with Crippen LogP contribution in [0.4, 0.5) is 4.39 Å². The normalized spacial score (nSPS) is 27.3. The number of piperidine rings is 1. The zero-order valence-corrected chi connectivity index (χ0v) is 17.2. The van der Waals surface area contributed by atoms with Crippen LogP contribution in [0.3, 0.4) is 0 Å². The van der Waals surface area contributed by atoms with Crippen LogP contribution < -0.4 is 9.47 Å². The van der Waals surface area contributed by atoms with Gasteiger partial charge in [-0.15, -0.1) is 0 Å². The predicted octanol–water partition coefficient (Wildman–Crippen LogP) is 4.71. The monoisotopic (exact) mass is 399 g/mol. The molecule has 1 aliphatic carbocycles. The third kappa shape index (κ3) is 3.99. The molecule has 3 atom stereocenters. The van der Waals surface area contributed by atoms with Crippen LogP contribution in [0.25, 0.3) is 0 Å². The summed E-state index contributed by atoms with van der Waals surface area (Å²) in [5.41, 5.74) is 1.44. The Balaban J connectivity index is 1.72. The van der Waals surface area contributed by atoms with Crippen LogP contribution in [-0.2, 0) is 6.54 Å². The average Bonchev–Trinajstić information content (AvgIpc) is 2.73. The van der Waals surface area contributed by atoms with E-state index in [1.807, 2.05) is 18.2 Å². The molecule has 2 aromatic carbocycles. The summed E-state index contributed by atoms with van der Waals surface area (Å²) >= 11 is 0. The van der Waals surface area contributed by atoms with Crippen molar-refractivity contribution in [2.75, 3.05) is 20.8 Å². The fourth-order valence-electron chi connectivity index (χ4n) is 5.27. The van der Waals surface area contributed by atoms with Crippen molar-refractivity contribution in [1.29, 1.82) is 0 Å². The number of aliphatic hydroxyl groups is 1. The summed E-state index contributed by atoms with van der Waals surface area (Å²) in [5, 5.41) is 11.4. The number of ether oxygens (including phenoxy) is 2. The molecule has 0 unspecified atom stereocenters. The van der Waals surface area contributed by atoms with E-state index < -0.39 is 5.60 Å². The maximum Gasteiger partial charge on any atom is 0.161 e. The van der Waals surface area contributed by atoms with Crippen LogP contribution in [-0.4, -0.2) is 36.4 Å². The van der Waals surface area contributed by atoms with E-state index in [0.29, 0.717) is 18.0 Å². The molecule has 0 bridgehead atoms. The van der Waals surface area contributed by atoms with Gasteiger partial charge in [0, 0.05) is 25.0 Å². The lowest BCUT2D eigenvalue weighted by molar-refractivity contribution is -0.126. The highest BCUT2D eigenvalue weighted by molar-refractivity contribution is 5.44. The second-order valence-corrected chi connectivity index (χ2v) is 8.37. The van der Waals surface area contributed by atoms with Gasteiger partial charge in [0.2, 0.25) is 0 Å². The van der Waals surface area contributed by atoms with Crippen LogP contribution in [0.5, 0.6) is 11.5 Å². The van der Waals surface area contributed by atoms with Crippen LogP contribution in [0.2, 0.25) is 0 Å². The first-order chi connectivity index (χ1) is 14.0. The van der Waals surface area contributed by atoms with Crippen LogP contribution in [0.1, 0.15) is 49.3 Å². The number of likely N-dealkylation sites (tertiary alicyclic amines) is 1. The van der Waals surface area contributed by atoms with E-state index in [2.05, 4.69) is 11.0 Å². The Morgan fingerprint density at radius 1 is 1.07 bits per heavy atom. The van der Waals surface area contributed by atoms with E-state index in [0.717, 1.165) is 49.8 Å². The molecule has 1 heterocycles. The number of hydrogen-bond acceptors (Lipinski definition) is 4. The molecule has 0 amide bonds. The smallest absolute Gasteiger partial charge is 0.161 e. The lowest BCUT2D eigenvalue weighted by atomic mass is 9.66. The molecule has 1 aliphatic heterocycles. The van der Waals surface area contributed by atoms with Gasteiger partial charge < -0.3 is 14.6 Å². The summed E-state index contributed by atoms with van der Waals surface area (Å²) < 4.78 is 24.7. The topological polar surface area (TPSA) is 41.9 Å². The molecule has 29 heavy (non-hydrogen) atoms. The third-order valence-electron chi connectivity index (χ3n) is 6.70. The van der Waals surface area contributed by atoms with Crippen molar-refractivity contribution >= 4 is 0 Å². The molecule has 4 rings (SSSR count). The summed E-state index contributed by atoms with van der Waals surface area (Å²) in [5.74, 6) is 1.33. The first-order valence-electron chi connectivity index (χ1n) is 10.5. The van der Waals surface area contributed by atoms with Crippen molar-refractivity contribution in [3.63, 3.8) is 0 Å². The van der Waals surface area contributed by atoms with E-state index in [4.69, 9.17) is 9.47 Å². The summed E-state index contributed by atoms with van der Waals surface area (Å²) in [6.07, 6.45) is 4.82. The minimum Gasteiger partial charge on any atom is -0.493 e. The highest BCUT2D eigenvalue weighted by Crippen LogP contribution is 2.50. The lowest BCUT2D eigenvalue weighted by Crippen LogP contribution is -2.54. The Morgan fingerprint density at radius 2 is 1.90 bits per heavy atom. The highest BCUT2D eigenvalue weighted by Gasteiger charge is 2.48. The third-order valence-corrected chi connectivity index (χ3v) is 6.70. The summed E-state index contributed by atoms with van der Waals surface area (Å²) in [6, 6.07) is 12.9. The Bertz CT molecular complexity index is 858. The van der Waals surface area contributed by atoms with Gasteiger partial charge in [-0.1, -0.05) is 31.0 Å². The number of rotatable bonds is 5. The minimum atomic E-state index is -0.630. The molecule has 2 fully saturated rings. The molecule has 1 N–H and O–H groups in total. The maximum absolute atomic E-state index is 13.8. The summed E-state index contributed by atoms with van der Waals surface area (Å²) in [6.45, 7) is 1.44. The Hall–Kier alpha value is -2.11. The number of fused-ring (bicyclic) bond motifs is 1. The zero-order valence-electron chi connectivity index (χ0n) is 17.2. The molecule has 2 aromatic rings. The highest BCUT2D eigenvalue weighted by atomic mass is 19.1. The molecule has 2 aliphatic rings. The van der Waals surface area contributed by atoms with Crippen molar-refractivity contribution in [1.82, 2.24) is 4.90 Å². The molecule has 0 aromatic heterocycles. The molecule has 1 saturated heterocycles. The molecule has 0 spiro atoms. The second kappa shape index (κ2) is 8.33. The zero-order chi connectivity index (χ0) is 20.4. The first-order valence-corrected chi connectivity index (χ1v) is 10.5. The van der Waals surface area contributed by atoms with Gasteiger partial charge in [0.05, 0.1) is 19.8 Å². The van der Waals surface area contributed by atoms with E-state index in [-0.39, 0.29) is 17.8 Å². The number of methoxy groups -OCH3 is 2. The number of halogens is 1. The number of benzene rings is 2. The van der Waals surface area contributed by atoms with E-state index in [1.165, 1.54) is 6.07 Å². The Morgan fingerprint density at radius 3 is 2.66 bits per heavy atom. The lowest BCUT2D eigenvalue weighted by Gasteiger charge is -2.53. The average molecular weight is 400 g/mol. The first kappa shape index (κ1) is 20.2. The van der Waals surface area contributed by atoms with Gasteiger partial charge in [-0.2, -0.15) is 0 Å². The second-order valence-electron chi connectivity index (χ2n) is 8.37. The fraction of sp³-hybridized carbons (Fsp3) is 0.500. The Labute approximate surface area is 172 Å². The predicted molar refractivity (Wildman–Crippen MR) is 111 cm³/mol. The number of hydrogen-bond donors (Lipinski definition) is 1. The molecule has 156 valence electrons. The molecule has 1 saturated carbocycles. The van der Waals surface area contributed by atoms with Crippen molar-refractivity contribution in [3.8, 4) is 11.5 Å². The minimum absolute atomic E-state index is 0.0529. The number of nitrogens with zero attached hydrogens (tertiary/aromatic N) is 1. The summed E-state index contributed by atoms with van der Waals surface area (Å²) in [4.78, 5) is 2.39. The van der Waals surface area contributed by atoms with E-state index in [9.17, 15) is 9.50 Å². The molecule has 0 radical (unpaired) electrons. The molecule has 4 nitrogen and oxygen atoms in total. The maximum atomic E-state index is 13.8. The van der Waals surface area contributed by atoms with Crippen molar-refractivity contribution < 1.29 is 19.0 Å². The quantitative estimate of drug-likeness (QED) is 0.791. The van der Waals surface area contributed by atoms with Crippen LogP contribution in [0, 0.1) is 11.7 Å². The van der Waals surface area contributed by atoms with E-state index >= 15 is 0 Å². The largest absolute Gasteiger partial charge is 0.493 e. The van der Waals surface area contributed by atoms with Gasteiger partial charge in [0.1, 0.15) is 5.82 Å². The van der Waals surface area contributed by atoms with Crippen molar-refractivity contribution in [2.45, 2.75) is 50.3 Å². The molecular weight excluding hydrogens is 369 g/mol. The van der Waals surface area contributed by atoms with Crippen molar-refractivity contribution in [2.24, 2.45) is 5.92 Å². The SMILES string of the molecule is COc1ccc([C@@H]2[C@@H]3CCCC[C@@]3(O)CCN2Cc2cccc(F)c2)cc1OC. The fourth-order valence-corrected chi connectivity index (χ4v) is 5.27. The Kier molecular flexibility index (Phi) is 5.79. The van der Waals surface area contributed by atoms with Gasteiger partial charge in [0.25, 0.3) is 0 Å². The van der Waals surface area contributed by atoms with Gasteiger partial charge in [-0.25, -0.2) is 4.39 Å². The van der Waals surface area contributed by atoms with Gasteiger partial charge >= 0.3 is 0 Å². The standard InChI is InChI=1S/C24H30FNO3/c1-28-21-10-9-18(15-22(21)29-2)23-20-8-3-4-11-24(20,27)12-13-26(23)16-17-6-5-7-19(25)14-17/h5-7,9-10,14-15,20,23,27H,3-4,8,11-13,16H2,1-2H3/t20-,23+,24+/m0/s1. The van der Waals surface area contributed by atoms with Crippen molar-refractivity contribution in [3.05, 3.63) is 59.4 Å². The molecular formula is C24H30FNO3. The van der Waals surface area contributed by atoms with Gasteiger partial charge in [-0.3, -0.25) is 4.90 Å². The van der Waals surface area contributed by atoms with Gasteiger partial charge in [0.15, 0.2) is 11.5 Å². The summed E-state index contributed by atoms with van der Waals surface area (Å²) in [7, 11) is 3.28. The van der Waals surface area contributed by atoms with E-state index in [1.54, 1.807) is 26.4 Å².